The van der Waals surface area contributed by atoms with Gasteiger partial charge in [0.05, 0.1) is 5.60 Å². The van der Waals surface area contributed by atoms with Crippen molar-refractivity contribution < 1.29 is 23.1 Å². The number of fused-ring (bicyclic) bond motifs is 2. The summed E-state index contributed by atoms with van der Waals surface area (Å²) in [6.07, 6.45) is 7.18. The minimum absolute atomic E-state index is 0.0353. The van der Waals surface area contributed by atoms with E-state index in [1.165, 1.54) is 18.7 Å². The monoisotopic (exact) mass is 456 g/mol. The summed E-state index contributed by atoms with van der Waals surface area (Å²) >= 11 is 0. The lowest BCUT2D eigenvalue weighted by atomic mass is 9.77. The van der Waals surface area contributed by atoms with E-state index in [1.807, 2.05) is 0 Å². The highest BCUT2D eigenvalue weighted by molar-refractivity contribution is 7.91. The van der Waals surface area contributed by atoms with Crippen molar-refractivity contribution in [3.63, 3.8) is 0 Å². The standard InChI is InChI=1S/C24H28N2O5S/c27-23(26-21-9-4-16-11-18-13-24(28,12-16)14-20(18)21)17-5-7-19(8-6-17)31-15-32(29,30)22-3-1-2-10-25-22/h1-3,5-8,10,16,18,20-21,28H,4,9,11-15H2,(H,26,27). The van der Waals surface area contributed by atoms with Gasteiger partial charge in [-0.3, -0.25) is 4.79 Å². The number of pyridine rings is 1. The molecule has 1 aromatic carbocycles. The molecule has 8 heteroatoms. The minimum Gasteiger partial charge on any atom is -0.477 e. The van der Waals surface area contributed by atoms with Gasteiger partial charge in [0, 0.05) is 17.8 Å². The van der Waals surface area contributed by atoms with Crippen LogP contribution in [0, 0.1) is 17.8 Å². The van der Waals surface area contributed by atoms with Crippen molar-refractivity contribution >= 4 is 15.7 Å². The topological polar surface area (TPSA) is 106 Å². The average molecular weight is 457 g/mol. The molecule has 5 rings (SSSR count). The molecule has 170 valence electrons. The summed E-state index contributed by atoms with van der Waals surface area (Å²) < 4.78 is 30.0. The third kappa shape index (κ3) is 4.26. The summed E-state index contributed by atoms with van der Waals surface area (Å²) in [7, 11) is -3.66. The number of ether oxygens (including phenoxy) is 1. The molecule has 0 aliphatic heterocycles. The Bertz CT molecular complexity index is 1090. The second-order valence-corrected chi connectivity index (χ2v) is 11.5. The Labute approximate surface area is 188 Å². The Morgan fingerprint density at radius 3 is 2.69 bits per heavy atom. The van der Waals surface area contributed by atoms with Crippen molar-refractivity contribution in [1.82, 2.24) is 10.3 Å². The Morgan fingerprint density at radius 1 is 1.12 bits per heavy atom. The van der Waals surface area contributed by atoms with Gasteiger partial charge in [-0.1, -0.05) is 6.07 Å². The summed E-state index contributed by atoms with van der Waals surface area (Å²) in [5, 5.41) is 14.0. The number of nitrogens with zero attached hydrogens (tertiary/aromatic N) is 1. The van der Waals surface area contributed by atoms with E-state index < -0.39 is 21.4 Å². The first-order valence-corrected chi connectivity index (χ1v) is 12.9. The van der Waals surface area contributed by atoms with Crippen LogP contribution in [-0.4, -0.2) is 42.0 Å². The van der Waals surface area contributed by atoms with Crippen LogP contribution in [-0.2, 0) is 9.84 Å². The van der Waals surface area contributed by atoms with E-state index >= 15 is 0 Å². The Morgan fingerprint density at radius 2 is 1.94 bits per heavy atom. The molecule has 1 amide bonds. The zero-order valence-corrected chi connectivity index (χ0v) is 18.6. The molecule has 0 saturated heterocycles. The third-order valence-corrected chi connectivity index (χ3v) is 8.65. The van der Waals surface area contributed by atoms with Crippen molar-refractivity contribution in [2.75, 3.05) is 5.94 Å². The largest absolute Gasteiger partial charge is 0.477 e. The van der Waals surface area contributed by atoms with Gasteiger partial charge < -0.3 is 15.2 Å². The van der Waals surface area contributed by atoms with Gasteiger partial charge in [-0.05, 0) is 92.7 Å². The van der Waals surface area contributed by atoms with Gasteiger partial charge in [0.25, 0.3) is 5.91 Å². The molecule has 3 bridgehead atoms. The third-order valence-electron chi connectivity index (χ3n) is 7.34. The summed E-state index contributed by atoms with van der Waals surface area (Å²) in [5.74, 6) is 1.12. The van der Waals surface area contributed by atoms with Crippen molar-refractivity contribution in [1.29, 1.82) is 0 Å². The maximum atomic E-state index is 12.9. The highest BCUT2D eigenvalue weighted by Gasteiger charge is 2.53. The second-order valence-electron chi connectivity index (χ2n) is 9.59. The summed E-state index contributed by atoms with van der Waals surface area (Å²) in [5.41, 5.74) is -0.0245. The number of nitrogens with one attached hydrogen (secondary N) is 1. The molecule has 3 saturated carbocycles. The maximum absolute atomic E-state index is 12.9. The van der Waals surface area contributed by atoms with E-state index in [2.05, 4.69) is 10.3 Å². The molecule has 32 heavy (non-hydrogen) atoms. The van der Waals surface area contributed by atoms with Crippen LogP contribution in [0.15, 0.2) is 53.7 Å². The van der Waals surface area contributed by atoms with Crippen molar-refractivity contribution in [2.24, 2.45) is 17.8 Å². The molecule has 3 fully saturated rings. The molecule has 3 aliphatic rings. The summed E-state index contributed by atoms with van der Waals surface area (Å²) in [4.78, 5) is 16.7. The molecule has 0 radical (unpaired) electrons. The number of carbonyl (C=O) groups is 1. The molecule has 1 aromatic heterocycles. The zero-order valence-electron chi connectivity index (χ0n) is 17.8. The van der Waals surface area contributed by atoms with Crippen LogP contribution in [0.25, 0.3) is 0 Å². The number of benzene rings is 1. The lowest BCUT2D eigenvalue weighted by Crippen LogP contribution is -2.41. The summed E-state index contributed by atoms with van der Waals surface area (Å²) in [6, 6.07) is 11.3. The summed E-state index contributed by atoms with van der Waals surface area (Å²) in [6.45, 7) is 0. The van der Waals surface area contributed by atoms with Crippen LogP contribution in [0.4, 0.5) is 0 Å². The highest BCUT2D eigenvalue weighted by atomic mass is 32.2. The predicted octanol–water partition coefficient (Wildman–Crippen LogP) is 2.95. The predicted molar refractivity (Wildman–Crippen MR) is 118 cm³/mol. The lowest BCUT2D eigenvalue weighted by molar-refractivity contribution is -0.00594. The number of hydrogen-bond donors (Lipinski definition) is 2. The van der Waals surface area contributed by atoms with Gasteiger partial charge >= 0.3 is 0 Å². The van der Waals surface area contributed by atoms with Crippen molar-refractivity contribution in [2.45, 2.75) is 55.2 Å². The molecule has 2 aromatic rings. The number of amides is 1. The molecular weight excluding hydrogens is 428 g/mol. The van der Waals surface area contributed by atoms with Gasteiger partial charge in [0.2, 0.25) is 9.84 Å². The molecule has 5 unspecified atom stereocenters. The van der Waals surface area contributed by atoms with E-state index in [0.717, 1.165) is 32.1 Å². The number of rotatable bonds is 6. The van der Waals surface area contributed by atoms with Crippen LogP contribution in [0.2, 0.25) is 0 Å². The first-order chi connectivity index (χ1) is 15.3. The Hall–Kier alpha value is -2.45. The quantitative estimate of drug-likeness (QED) is 0.692. The number of aliphatic hydroxyl groups is 1. The fourth-order valence-corrected chi connectivity index (χ4v) is 6.91. The SMILES string of the molecule is O=C(NC1CCC2CC3CC(O)(C2)CC31)c1ccc(OCS(=O)(=O)c2ccccn2)cc1. The van der Waals surface area contributed by atoms with Crippen molar-refractivity contribution in [3.8, 4) is 5.75 Å². The number of sulfone groups is 1. The van der Waals surface area contributed by atoms with Gasteiger partial charge in [0.1, 0.15) is 5.75 Å². The number of carbonyl (C=O) groups excluding carboxylic acids is 1. The molecule has 5 atom stereocenters. The van der Waals surface area contributed by atoms with Gasteiger partial charge in [0.15, 0.2) is 11.0 Å². The second kappa shape index (κ2) is 8.15. The Kier molecular flexibility index (Phi) is 5.45. The smallest absolute Gasteiger partial charge is 0.251 e. The Balaban J connectivity index is 1.20. The number of aromatic nitrogens is 1. The van der Waals surface area contributed by atoms with E-state index in [9.17, 15) is 18.3 Å². The molecule has 7 nitrogen and oxygen atoms in total. The van der Waals surface area contributed by atoms with E-state index in [1.54, 1.807) is 36.4 Å². The van der Waals surface area contributed by atoms with Crippen molar-refractivity contribution in [3.05, 3.63) is 54.2 Å². The van der Waals surface area contributed by atoms with Gasteiger partial charge in [-0.2, -0.15) is 0 Å². The van der Waals surface area contributed by atoms with Crippen LogP contribution >= 0.6 is 0 Å². The van der Waals surface area contributed by atoms with Crippen LogP contribution in [0.3, 0.4) is 0 Å². The van der Waals surface area contributed by atoms with E-state index in [4.69, 9.17) is 4.74 Å². The van der Waals surface area contributed by atoms with Crippen LogP contribution in [0.5, 0.6) is 5.75 Å². The maximum Gasteiger partial charge on any atom is 0.251 e. The molecule has 1 heterocycles. The van der Waals surface area contributed by atoms with E-state index in [0.29, 0.717) is 29.1 Å². The average Bonchev–Trinajstić information content (AvgIpc) is 2.97. The fourth-order valence-electron chi connectivity index (χ4n) is 5.99. The normalized spacial score (nSPS) is 31.2. The van der Waals surface area contributed by atoms with Gasteiger partial charge in [-0.15, -0.1) is 0 Å². The van der Waals surface area contributed by atoms with Crippen LogP contribution < -0.4 is 10.1 Å². The molecule has 3 aliphatic carbocycles. The van der Waals surface area contributed by atoms with Gasteiger partial charge in [-0.25, -0.2) is 13.4 Å². The molecule has 2 N–H and O–H groups in total. The first-order valence-electron chi connectivity index (χ1n) is 11.2. The zero-order chi connectivity index (χ0) is 22.3. The highest BCUT2D eigenvalue weighted by Crippen LogP contribution is 2.55. The minimum atomic E-state index is -3.66. The lowest BCUT2D eigenvalue weighted by Gasteiger charge is -2.33. The molecule has 0 spiro atoms. The fraction of sp³-hybridized carbons (Fsp3) is 0.500. The molecular formula is C24H28N2O5S. The van der Waals surface area contributed by atoms with Crippen LogP contribution in [0.1, 0.15) is 48.9 Å². The van der Waals surface area contributed by atoms with E-state index in [-0.39, 0.29) is 17.0 Å². The first kappa shape index (κ1) is 21.4. The number of hydrogen-bond acceptors (Lipinski definition) is 6.